The number of fused-ring (bicyclic) bond motifs is 1. The fourth-order valence-corrected chi connectivity index (χ4v) is 2.62. The average Bonchev–Trinajstić information content (AvgIpc) is 2.86. The van der Waals surface area contributed by atoms with E-state index in [9.17, 15) is 9.50 Å². The molecule has 0 amide bonds. The van der Waals surface area contributed by atoms with E-state index in [0.29, 0.717) is 11.1 Å². The van der Waals surface area contributed by atoms with E-state index in [0.717, 1.165) is 11.1 Å². The third-order valence-corrected chi connectivity index (χ3v) is 3.65. The molecule has 2 aromatic carbocycles. The van der Waals surface area contributed by atoms with Crippen molar-refractivity contribution in [2.45, 2.75) is 26.5 Å². The Bertz CT molecular complexity index is 808. The van der Waals surface area contributed by atoms with Gasteiger partial charge in [0.1, 0.15) is 23.9 Å². The molecule has 0 radical (unpaired) electrons. The highest BCUT2D eigenvalue weighted by molar-refractivity contribution is 5.84. The largest absolute Gasteiger partial charge is 0.508 e. The summed E-state index contributed by atoms with van der Waals surface area (Å²) in [6, 6.07) is 11.9. The number of nitrogens with zero attached hydrogens (tertiary/aromatic N) is 1. The Morgan fingerprint density at radius 1 is 1.18 bits per heavy atom. The number of hydrogen-bond acceptors (Lipinski definition) is 2. The minimum absolute atomic E-state index is 0.147. The van der Waals surface area contributed by atoms with E-state index in [1.807, 2.05) is 16.8 Å². The summed E-state index contributed by atoms with van der Waals surface area (Å²) in [7, 11) is 0. The van der Waals surface area contributed by atoms with E-state index in [2.05, 4.69) is 13.8 Å². The molecule has 0 saturated heterocycles. The summed E-state index contributed by atoms with van der Waals surface area (Å²) in [6.07, 6.45) is 1.93. The average molecular weight is 299 g/mol. The van der Waals surface area contributed by atoms with Gasteiger partial charge in [0, 0.05) is 29.3 Å². The normalized spacial score (nSPS) is 11.3. The van der Waals surface area contributed by atoms with Crippen LogP contribution in [0.15, 0.2) is 48.7 Å². The molecule has 3 rings (SSSR count). The van der Waals surface area contributed by atoms with Crippen LogP contribution in [-0.4, -0.2) is 9.67 Å². The van der Waals surface area contributed by atoms with Crippen molar-refractivity contribution in [3.05, 3.63) is 60.0 Å². The number of benzene rings is 2. The lowest BCUT2D eigenvalue weighted by atomic mass is 10.2. The molecule has 4 heteroatoms. The summed E-state index contributed by atoms with van der Waals surface area (Å²) in [5, 5.41) is 10.1. The van der Waals surface area contributed by atoms with Gasteiger partial charge in [-0.3, -0.25) is 0 Å². The zero-order chi connectivity index (χ0) is 15.7. The second-order valence-corrected chi connectivity index (χ2v) is 5.58. The number of halogens is 1. The molecule has 3 nitrogen and oxygen atoms in total. The van der Waals surface area contributed by atoms with Crippen molar-refractivity contribution in [1.29, 1.82) is 0 Å². The smallest absolute Gasteiger partial charge is 0.132 e. The molecule has 114 valence electrons. The standard InChI is InChI=1S/C18H18FNO2/c1-12(2)20-10-13(18-16(19)7-4-8-17(18)20)11-22-15-6-3-5-14(21)9-15/h3-10,12,21H,11H2,1-2H3. The number of aromatic hydroxyl groups is 1. The fraction of sp³-hybridized carbons (Fsp3) is 0.222. The van der Waals surface area contributed by atoms with Crippen molar-refractivity contribution >= 4 is 10.9 Å². The fourth-order valence-electron chi connectivity index (χ4n) is 2.62. The van der Waals surface area contributed by atoms with E-state index < -0.39 is 0 Å². The van der Waals surface area contributed by atoms with Gasteiger partial charge in [-0.05, 0) is 38.1 Å². The number of phenolic OH excluding ortho intramolecular Hbond substituents is 1. The molecular formula is C18H18FNO2. The summed E-state index contributed by atoms with van der Waals surface area (Å²) in [4.78, 5) is 0. The first-order chi connectivity index (χ1) is 10.6. The lowest BCUT2D eigenvalue weighted by molar-refractivity contribution is 0.305. The van der Waals surface area contributed by atoms with Gasteiger partial charge in [-0.15, -0.1) is 0 Å². The van der Waals surface area contributed by atoms with Crippen LogP contribution in [0.25, 0.3) is 10.9 Å². The van der Waals surface area contributed by atoms with E-state index in [1.165, 1.54) is 12.1 Å². The van der Waals surface area contributed by atoms with Gasteiger partial charge in [-0.2, -0.15) is 0 Å². The van der Waals surface area contributed by atoms with Gasteiger partial charge in [-0.1, -0.05) is 12.1 Å². The number of hydrogen-bond donors (Lipinski definition) is 1. The van der Waals surface area contributed by atoms with Gasteiger partial charge in [0.05, 0.1) is 5.52 Å². The van der Waals surface area contributed by atoms with Crippen molar-refractivity contribution in [3.63, 3.8) is 0 Å². The second-order valence-electron chi connectivity index (χ2n) is 5.58. The second kappa shape index (κ2) is 5.72. The van der Waals surface area contributed by atoms with Gasteiger partial charge in [-0.25, -0.2) is 4.39 Å². The third-order valence-electron chi connectivity index (χ3n) is 3.65. The van der Waals surface area contributed by atoms with Crippen molar-refractivity contribution < 1.29 is 14.2 Å². The Hall–Kier alpha value is -2.49. The van der Waals surface area contributed by atoms with Gasteiger partial charge in [0.2, 0.25) is 0 Å². The number of aromatic nitrogens is 1. The van der Waals surface area contributed by atoms with Crippen molar-refractivity contribution in [2.24, 2.45) is 0 Å². The quantitative estimate of drug-likeness (QED) is 0.761. The summed E-state index contributed by atoms with van der Waals surface area (Å²) in [5.41, 5.74) is 1.66. The highest BCUT2D eigenvalue weighted by Crippen LogP contribution is 2.28. The molecule has 0 atom stereocenters. The molecule has 0 fully saturated rings. The zero-order valence-electron chi connectivity index (χ0n) is 12.6. The molecule has 0 bridgehead atoms. The molecule has 22 heavy (non-hydrogen) atoms. The Morgan fingerprint density at radius 2 is 1.95 bits per heavy atom. The van der Waals surface area contributed by atoms with E-state index in [-0.39, 0.29) is 24.2 Å². The van der Waals surface area contributed by atoms with E-state index in [4.69, 9.17) is 4.74 Å². The highest BCUT2D eigenvalue weighted by Gasteiger charge is 2.14. The monoisotopic (exact) mass is 299 g/mol. The van der Waals surface area contributed by atoms with E-state index >= 15 is 0 Å². The van der Waals surface area contributed by atoms with Crippen LogP contribution >= 0.6 is 0 Å². The van der Waals surface area contributed by atoms with Crippen LogP contribution in [0.3, 0.4) is 0 Å². The predicted octanol–water partition coefficient (Wildman–Crippen LogP) is 4.65. The van der Waals surface area contributed by atoms with Gasteiger partial charge in [0.25, 0.3) is 0 Å². The summed E-state index contributed by atoms with van der Waals surface area (Å²) in [5.74, 6) is 0.460. The Morgan fingerprint density at radius 3 is 2.68 bits per heavy atom. The minimum Gasteiger partial charge on any atom is -0.508 e. The zero-order valence-corrected chi connectivity index (χ0v) is 12.6. The van der Waals surface area contributed by atoms with Crippen molar-refractivity contribution in [2.75, 3.05) is 0 Å². The van der Waals surface area contributed by atoms with Gasteiger partial charge < -0.3 is 14.4 Å². The van der Waals surface area contributed by atoms with E-state index in [1.54, 1.807) is 24.3 Å². The lowest BCUT2D eigenvalue weighted by Gasteiger charge is -2.08. The Balaban J connectivity index is 1.96. The maximum absolute atomic E-state index is 14.2. The van der Waals surface area contributed by atoms with Crippen LogP contribution in [0.5, 0.6) is 11.5 Å². The first kappa shape index (κ1) is 14.4. The molecule has 0 aliphatic rings. The summed E-state index contributed by atoms with van der Waals surface area (Å²) >= 11 is 0. The minimum atomic E-state index is -0.244. The summed E-state index contributed by atoms with van der Waals surface area (Å²) in [6.45, 7) is 4.37. The van der Waals surface area contributed by atoms with Crippen molar-refractivity contribution in [1.82, 2.24) is 4.57 Å². The molecule has 1 N–H and O–H groups in total. The SMILES string of the molecule is CC(C)n1cc(COc2cccc(O)c2)c2c(F)cccc21. The van der Waals surface area contributed by atoms with Crippen LogP contribution < -0.4 is 4.74 Å². The topological polar surface area (TPSA) is 34.4 Å². The van der Waals surface area contributed by atoms with Gasteiger partial charge in [0.15, 0.2) is 0 Å². The molecule has 0 aliphatic heterocycles. The number of phenols is 1. The predicted molar refractivity (Wildman–Crippen MR) is 84.7 cm³/mol. The Kier molecular flexibility index (Phi) is 3.75. The molecule has 3 aromatic rings. The molecule has 0 unspecified atom stereocenters. The molecule has 1 aromatic heterocycles. The van der Waals surface area contributed by atoms with Crippen LogP contribution in [0.4, 0.5) is 4.39 Å². The van der Waals surface area contributed by atoms with Gasteiger partial charge >= 0.3 is 0 Å². The molecule has 0 aliphatic carbocycles. The molecule has 0 saturated carbocycles. The molecular weight excluding hydrogens is 281 g/mol. The summed E-state index contributed by atoms with van der Waals surface area (Å²) < 4.78 is 21.9. The molecule has 0 spiro atoms. The van der Waals surface area contributed by atoms with Crippen LogP contribution in [-0.2, 0) is 6.61 Å². The highest BCUT2D eigenvalue weighted by atomic mass is 19.1. The van der Waals surface area contributed by atoms with Crippen LogP contribution in [0.1, 0.15) is 25.5 Å². The van der Waals surface area contributed by atoms with Crippen LogP contribution in [0.2, 0.25) is 0 Å². The van der Waals surface area contributed by atoms with Crippen LogP contribution in [0, 0.1) is 5.82 Å². The third kappa shape index (κ3) is 2.64. The molecule has 1 heterocycles. The maximum atomic E-state index is 14.2. The first-order valence-electron chi connectivity index (χ1n) is 7.26. The number of ether oxygens (including phenoxy) is 1. The maximum Gasteiger partial charge on any atom is 0.132 e. The first-order valence-corrected chi connectivity index (χ1v) is 7.26. The lowest BCUT2D eigenvalue weighted by Crippen LogP contribution is -1.98. The van der Waals surface area contributed by atoms with Crippen molar-refractivity contribution in [3.8, 4) is 11.5 Å². The number of rotatable bonds is 4. The Labute approximate surface area is 128 Å².